The Hall–Kier alpha value is -4.20. The van der Waals surface area contributed by atoms with E-state index in [1.54, 1.807) is 25.3 Å². The second kappa shape index (κ2) is 8.66. The first-order chi connectivity index (χ1) is 15.1. The van der Waals surface area contributed by atoms with E-state index < -0.39 is 11.7 Å². The van der Waals surface area contributed by atoms with Crippen LogP contribution >= 0.6 is 0 Å². The number of nitrogens with one attached hydrogen (secondary N) is 2. The molecule has 4 aromatic rings. The lowest BCUT2D eigenvalue weighted by molar-refractivity contribution is -0.117. The highest BCUT2D eigenvalue weighted by Crippen LogP contribution is 2.20. The molecule has 1 amide bonds. The molecular formula is C23H20N4O4. The van der Waals surface area contributed by atoms with Gasteiger partial charge in [-0.15, -0.1) is 0 Å². The molecule has 2 aromatic carbocycles. The average Bonchev–Trinajstić information content (AvgIpc) is 3.24. The molecule has 0 saturated carbocycles. The first-order valence-electron chi connectivity index (χ1n) is 9.68. The maximum Gasteiger partial charge on any atom is 0.292 e. The van der Waals surface area contributed by atoms with E-state index in [9.17, 15) is 14.4 Å². The van der Waals surface area contributed by atoms with Crippen LogP contribution in [0.5, 0.6) is 5.75 Å². The SMILES string of the molecule is COc1ccc(-c2ccc(=O)n(CCNC(=O)C(=O)c3c[nH]c4ccccc34)n2)cc1. The highest BCUT2D eigenvalue weighted by atomic mass is 16.5. The summed E-state index contributed by atoms with van der Waals surface area (Å²) in [4.78, 5) is 39.9. The van der Waals surface area contributed by atoms with Gasteiger partial charge in [-0.2, -0.15) is 5.10 Å². The summed E-state index contributed by atoms with van der Waals surface area (Å²) in [6.07, 6.45) is 1.52. The Morgan fingerprint density at radius 3 is 2.61 bits per heavy atom. The summed E-state index contributed by atoms with van der Waals surface area (Å²) in [6.45, 7) is 0.224. The Morgan fingerprint density at radius 1 is 1.06 bits per heavy atom. The largest absolute Gasteiger partial charge is 0.497 e. The lowest BCUT2D eigenvalue weighted by atomic mass is 10.1. The molecule has 4 rings (SSSR count). The Kier molecular flexibility index (Phi) is 5.61. The van der Waals surface area contributed by atoms with Crippen LogP contribution in [0.3, 0.4) is 0 Å². The topological polar surface area (TPSA) is 106 Å². The third kappa shape index (κ3) is 4.23. The third-order valence-corrected chi connectivity index (χ3v) is 4.90. The zero-order valence-electron chi connectivity index (χ0n) is 16.8. The van der Waals surface area contributed by atoms with E-state index in [1.165, 1.54) is 16.9 Å². The molecule has 0 aliphatic carbocycles. The fourth-order valence-corrected chi connectivity index (χ4v) is 3.26. The van der Waals surface area contributed by atoms with E-state index in [1.807, 2.05) is 36.4 Å². The number of carbonyl (C=O) groups excluding carboxylic acids is 2. The van der Waals surface area contributed by atoms with Crippen LogP contribution in [0.25, 0.3) is 22.2 Å². The van der Waals surface area contributed by atoms with Gasteiger partial charge in [0.2, 0.25) is 0 Å². The van der Waals surface area contributed by atoms with Gasteiger partial charge in [-0.05, 0) is 36.4 Å². The van der Waals surface area contributed by atoms with Crippen molar-refractivity contribution in [3.63, 3.8) is 0 Å². The Bertz CT molecular complexity index is 1310. The molecule has 0 radical (unpaired) electrons. The predicted molar refractivity (Wildman–Crippen MR) is 116 cm³/mol. The number of aromatic amines is 1. The number of Topliss-reactive ketones (excluding diaryl/α,β-unsaturated/α-hetero) is 1. The number of fused-ring (bicyclic) bond motifs is 1. The predicted octanol–water partition coefficient (Wildman–Crippen LogP) is 2.40. The van der Waals surface area contributed by atoms with E-state index >= 15 is 0 Å². The number of para-hydroxylation sites is 1. The van der Waals surface area contributed by atoms with Crippen molar-refractivity contribution in [2.45, 2.75) is 6.54 Å². The van der Waals surface area contributed by atoms with Crippen molar-refractivity contribution in [2.75, 3.05) is 13.7 Å². The van der Waals surface area contributed by atoms with Gasteiger partial charge in [-0.3, -0.25) is 14.4 Å². The van der Waals surface area contributed by atoms with Crippen molar-refractivity contribution < 1.29 is 14.3 Å². The van der Waals surface area contributed by atoms with E-state index in [-0.39, 0.29) is 18.6 Å². The van der Waals surface area contributed by atoms with Crippen molar-refractivity contribution in [1.29, 1.82) is 0 Å². The molecule has 2 N–H and O–H groups in total. The number of benzene rings is 2. The van der Waals surface area contributed by atoms with Gasteiger partial charge in [0, 0.05) is 35.3 Å². The Labute approximate surface area is 177 Å². The highest BCUT2D eigenvalue weighted by molar-refractivity contribution is 6.44. The number of methoxy groups -OCH3 is 1. The Balaban J connectivity index is 1.42. The van der Waals surface area contributed by atoms with Gasteiger partial charge in [-0.25, -0.2) is 4.68 Å². The van der Waals surface area contributed by atoms with Gasteiger partial charge in [0.05, 0.1) is 24.9 Å². The molecule has 8 nitrogen and oxygen atoms in total. The fourth-order valence-electron chi connectivity index (χ4n) is 3.26. The summed E-state index contributed by atoms with van der Waals surface area (Å²) in [5, 5.41) is 7.61. The van der Waals surface area contributed by atoms with Crippen LogP contribution < -0.4 is 15.6 Å². The van der Waals surface area contributed by atoms with Crippen LogP contribution in [0.15, 0.2) is 71.7 Å². The highest BCUT2D eigenvalue weighted by Gasteiger charge is 2.19. The maximum absolute atomic E-state index is 12.5. The number of nitrogens with zero attached hydrogens (tertiary/aromatic N) is 2. The van der Waals surface area contributed by atoms with Crippen LogP contribution in [0.1, 0.15) is 10.4 Å². The van der Waals surface area contributed by atoms with Crippen LogP contribution in [-0.2, 0) is 11.3 Å². The molecule has 156 valence electrons. The molecule has 31 heavy (non-hydrogen) atoms. The van der Waals surface area contributed by atoms with Gasteiger partial charge < -0.3 is 15.0 Å². The summed E-state index contributed by atoms with van der Waals surface area (Å²) >= 11 is 0. The molecular weight excluding hydrogens is 396 g/mol. The number of amides is 1. The lowest BCUT2D eigenvalue weighted by Crippen LogP contribution is -2.35. The number of carbonyl (C=O) groups is 2. The van der Waals surface area contributed by atoms with Crippen LogP contribution in [0.4, 0.5) is 0 Å². The van der Waals surface area contributed by atoms with Crippen LogP contribution in [0.2, 0.25) is 0 Å². The summed E-state index contributed by atoms with van der Waals surface area (Å²) < 4.78 is 6.41. The summed E-state index contributed by atoms with van der Waals surface area (Å²) in [7, 11) is 1.59. The monoisotopic (exact) mass is 416 g/mol. The fraction of sp³-hybridized carbons (Fsp3) is 0.130. The molecule has 0 fully saturated rings. The number of H-pyrrole nitrogens is 1. The zero-order valence-corrected chi connectivity index (χ0v) is 16.8. The maximum atomic E-state index is 12.5. The van der Waals surface area contributed by atoms with Crippen molar-refractivity contribution in [1.82, 2.24) is 20.1 Å². The molecule has 8 heteroatoms. The zero-order chi connectivity index (χ0) is 21.8. The van der Waals surface area contributed by atoms with Gasteiger partial charge in [-0.1, -0.05) is 18.2 Å². The van der Waals surface area contributed by atoms with Gasteiger partial charge >= 0.3 is 0 Å². The molecule has 0 bridgehead atoms. The number of ether oxygens (including phenoxy) is 1. The minimum absolute atomic E-state index is 0.0892. The summed E-state index contributed by atoms with van der Waals surface area (Å²) in [5.74, 6) is -0.645. The molecule has 2 heterocycles. The van der Waals surface area contributed by atoms with Crippen molar-refractivity contribution in [3.8, 4) is 17.0 Å². The number of ketones is 1. The van der Waals surface area contributed by atoms with Crippen molar-refractivity contribution >= 4 is 22.6 Å². The smallest absolute Gasteiger partial charge is 0.292 e. The summed E-state index contributed by atoms with van der Waals surface area (Å²) in [5.41, 5.74) is 2.24. The minimum atomic E-state index is -0.732. The Morgan fingerprint density at radius 2 is 1.84 bits per heavy atom. The van der Waals surface area contributed by atoms with E-state index in [4.69, 9.17) is 4.74 Å². The minimum Gasteiger partial charge on any atom is -0.497 e. The van der Waals surface area contributed by atoms with Crippen LogP contribution in [0, 0.1) is 0 Å². The number of hydrogen-bond donors (Lipinski definition) is 2. The molecule has 0 aliphatic heterocycles. The summed E-state index contributed by atoms with van der Waals surface area (Å²) in [6, 6.07) is 17.6. The average molecular weight is 416 g/mol. The molecule has 0 aliphatic rings. The molecule has 0 spiro atoms. The standard InChI is InChI=1S/C23H20N4O4/c1-31-16-8-6-15(7-9-16)19-10-11-21(28)27(26-19)13-12-24-23(30)22(29)18-14-25-20-5-3-2-4-17(18)20/h2-11,14,25H,12-13H2,1H3,(H,24,30). The van der Waals surface area contributed by atoms with Gasteiger partial charge in [0.25, 0.3) is 17.2 Å². The second-order valence-corrected chi connectivity index (χ2v) is 6.84. The van der Waals surface area contributed by atoms with Gasteiger partial charge in [0.15, 0.2) is 0 Å². The van der Waals surface area contributed by atoms with Crippen molar-refractivity contribution in [2.24, 2.45) is 0 Å². The van der Waals surface area contributed by atoms with E-state index in [0.717, 1.165) is 16.8 Å². The number of hydrogen-bond acceptors (Lipinski definition) is 5. The molecule has 0 unspecified atom stereocenters. The molecule has 0 atom stereocenters. The normalized spacial score (nSPS) is 10.7. The van der Waals surface area contributed by atoms with E-state index in [2.05, 4.69) is 15.4 Å². The first kappa shape index (κ1) is 20.1. The van der Waals surface area contributed by atoms with Gasteiger partial charge in [0.1, 0.15) is 5.75 Å². The molecule has 2 aromatic heterocycles. The second-order valence-electron chi connectivity index (χ2n) is 6.84. The first-order valence-corrected chi connectivity index (χ1v) is 9.68. The van der Waals surface area contributed by atoms with Crippen molar-refractivity contribution in [3.05, 3.63) is 82.8 Å². The third-order valence-electron chi connectivity index (χ3n) is 4.90. The number of aromatic nitrogens is 3. The number of rotatable bonds is 7. The molecule has 0 saturated heterocycles. The van der Waals surface area contributed by atoms with Crippen LogP contribution in [-0.4, -0.2) is 40.1 Å². The van der Waals surface area contributed by atoms with E-state index in [0.29, 0.717) is 16.6 Å². The lowest BCUT2D eigenvalue weighted by Gasteiger charge is -2.09. The quantitative estimate of drug-likeness (QED) is 0.355.